The molecule has 22 heavy (non-hydrogen) atoms. The third-order valence-electron chi connectivity index (χ3n) is 3.19. The van der Waals surface area contributed by atoms with Crippen molar-refractivity contribution >= 4 is 41.3 Å². The van der Waals surface area contributed by atoms with Crippen molar-refractivity contribution in [1.29, 1.82) is 0 Å². The van der Waals surface area contributed by atoms with Gasteiger partial charge in [-0.15, -0.1) is 35.3 Å². The second-order valence-electron chi connectivity index (χ2n) is 5.90. The Morgan fingerprint density at radius 1 is 1.41 bits per heavy atom. The fourth-order valence-corrected chi connectivity index (χ4v) is 2.47. The molecule has 0 aliphatic rings. The lowest BCUT2D eigenvalue weighted by Gasteiger charge is -2.24. The summed E-state index contributed by atoms with van der Waals surface area (Å²) >= 11 is 1.74. The van der Waals surface area contributed by atoms with Gasteiger partial charge in [-0.1, -0.05) is 13.8 Å². The number of nitrogens with zero attached hydrogens (tertiary/aromatic N) is 2. The molecular weight excluding hydrogens is 411 g/mol. The van der Waals surface area contributed by atoms with Crippen LogP contribution in [0.5, 0.6) is 0 Å². The Hall–Kier alpha value is -0.410. The highest BCUT2D eigenvalue weighted by atomic mass is 127. The molecule has 1 heterocycles. The molecule has 1 aromatic heterocycles. The number of hydrogen-bond acceptors (Lipinski definition) is 4. The maximum atomic E-state index is 5.38. The molecule has 2 N–H and O–H groups in total. The van der Waals surface area contributed by atoms with Gasteiger partial charge in [0.2, 0.25) is 0 Å². The molecule has 0 fully saturated rings. The highest BCUT2D eigenvalue weighted by Crippen LogP contribution is 2.19. The first-order chi connectivity index (χ1) is 9.88. The van der Waals surface area contributed by atoms with E-state index in [1.165, 1.54) is 5.01 Å². The largest absolute Gasteiger partial charge is 0.377 e. The first kappa shape index (κ1) is 21.6. The standard InChI is InChI=1S/C15H28N4OS.HI/c1-11(2)13-19-12(9-21-13)7-8-17-14(16-5)18-10-15(3,4)20-6;/h9,11H,7-8,10H2,1-6H3,(H2,16,17,18);1H. The SMILES string of the molecule is CN=C(NCCc1csc(C(C)C)n1)NCC(C)(C)OC.I. The van der Waals surface area contributed by atoms with E-state index < -0.39 is 0 Å². The summed E-state index contributed by atoms with van der Waals surface area (Å²) < 4.78 is 5.38. The summed E-state index contributed by atoms with van der Waals surface area (Å²) in [6, 6.07) is 0. The third kappa shape index (κ3) is 7.73. The van der Waals surface area contributed by atoms with E-state index in [0.29, 0.717) is 12.5 Å². The molecule has 0 saturated carbocycles. The Morgan fingerprint density at radius 2 is 2.09 bits per heavy atom. The topological polar surface area (TPSA) is 58.5 Å². The molecule has 0 aliphatic carbocycles. The van der Waals surface area contributed by atoms with Gasteiger partial charge >= 0.3 is 0 Å². The first-order valence-corrected chi connectivity index (χ1v) is 8.20. The molecule has 1 rings (SSSR count). The molecule has 128 valence electrons. The lowest BCUT2D eigenvalue weighted by atomic mass is 10.1. The summed E-state index contributed by atoms with van der Waals surface area (Å²) in [5.41, 5.74) is 0.933. The van der Waals surface area contributed by atoms with E-state index >= 15 is 0 Å². The van der Waals surface area contributed by atoms with E-state index in [2.05, 4.69) is 39.8 Å². The zero-order chi connectivity index (χ0) is 15.9. The summed E-state index contributed by atoms with van der Waals surface area (Å²) in [5, 5.41) is 9.91. The molecule has 0 saturated heterocycles. The fraction of sp³-hybridized carbons (Fsp3) is 0.733. The molecule has 0 bridgehead atoms. The molecule has 0 spiro atoms. The Labute approximate surface area is 155 Å². The number of hydrogen-bond donors (Lipinski definition) is 2. The molecule has 0 amide bonds. The van der Waals surface area contributed by atoms with Crippen LogP contribution in [0.1, 0.15) is 44.3 Å². The number of aromatic nitrogens is 1. The zero-order valence-corrected chi connectivity index (χ0v) is 17.5. The molecular formula is C15H29IN4OS. The maximum absolute atomic E-state index is 5.38. The van der Waals surface area contributed by atoms with E-state index in [9.17, 15) is 0 Å². The number of halogens is 1. The number of thiazole rings is 1. The average molecular weight is 440 g/mol. The molecule has 7 heteroatoms. The maximum Gasteiger partial charge on any atom is 0.191 e. The summed E-state index contributed by atoms with van der Waals surface area (Å²) in [7, 11) is 3.49. The average Bonchev–Trinajstić information content (AvgIpc) is 2.91. The van der Waals surface area contributed by atoms with Crippen molar-refractivity contribution in [2.75, 3.05) is 27.2 Å². The Balaban J connectivity index is 0.00000441. The van der Waals surface area contributed by atoms with Crippen LogP contribution in [0.3, 0.4) is 0 Å². The minimum atomic E-state index is -0.210. The Morgan fingerprint density at radius 3 is 2.59 bits per heavy atom. The molecule has 0 atom stereocenters. The number of aliphatic imine (C=N–C) groups is 1. The van der Waals surface area contributed by atoms with E-state index in [-0.39, 0.29) is 29.6 Å². The van der Waals surface area contributed by atoms with Gasteiger partial charge in [-0.3, -0.25) is 4.99 Å². The van der Waals surface area contributed by atoms with E-state index in [1.807, 2.05) is 13.8 Å². The van der Waals surface area contributed by atoms with E-state index in [4.69, 9.17) is 4.74 Å². The van der Waals surface area contributed by atoms with Crippen LogP contribution in [0.15, 0.2) is 10.4 Å². The summed E-state index contributed by atoms with van der Waals surface area (Å²) in [6.07, 6.45) is 0.900. The Kier molecular flexibility index (Phi) is 10.2. The highest BCUT2D eigenvalue weighted by Gasteiger charge is 2.16. The van der Waals surface area contributed by atoms with Crippen LogP contribution in [-0.2, 0) is 11.2 Å². The fourth-order valence-electron chi connectivity index (χ4n) is 1.60. The van der Waals surface area contributed by atoms with Gasteiger partial charge in [-0.2, -0.15) is 0 Å². The van der Waals surface area contributed by atoms with Crippen LogP contribution in [0.2, 0.25) is 0 Å². The van der Waals surface area contributed by atoms with Crippen molar-refractivity contribution in [2.45, 2.75) is 45.6 Å². The van der Waals surface area contributed by atoms with Crippen molar-refractivity contribution < 1.29 is 4.74 Å². The molecule has 0 radical (unpaired) electrons. The quantitative estimate of drug-likeness (QED) is 0.389. The molecule has 1 aromatic rings. The molecule has 0 aromatic carbocycles. The minimum absolute atomic E-state index is 0. The van der Waals surface area contributed by atoms with Crippen LogP contribution in [-0.4, -0.2) is 43.8 Å². The van der Waals surface area contributed by atoms with Gasteiger partial charge in [0.05, 0.1) is 16.3 Å². The van der Waals surface area contributed by atoms with Crippen LogP contribution in [0, 0.1) is 0 Å². The van der Waals surface area contributed by atoms with Crippen molar-refractivity contribution in [2.24, 2.45) is 4.99 Å². The first-order valence-electron chi connectivity index (χ1n) is 7.32. The van der Waals surface area contributed by atoms with E-state index in [1.54, 1.807) is 25.5 Å². The van der Waals surface area contributed by atoms with Crippen LogP contribution < -0.4 is 10.6 Å². The number of guanidine groups is 1. The third-order valence-corrected chi connectivity index (χ3v) is 4.39. The molecule has 5 nitrogen and oxygen atoms in total. The number of rotatable bonds is 7. The van der Waals surface area contributed by atoms with Gasteiger partial charge in [0.1, 0.15) is 0 Å². The Bertz CT molecular complexity index is 460. The second-order valence-corrected chi connectivity index (χ2v) is 6.79. The van der Waals surface area contributed by atoms with Crippen molar-refractivity contribution in [3.63, 3.8) is 0 Å². The van der Waals surface area contributed by atoms with E-state index in [0.717, 1.165) is 24.6 Å². The second kappa shape index (κ2) is 10.4. The smallest absolute Gasteiger partial charge is 0.191 e. The number of methoxy groups -OCH3 is 1. The van der Waals surface area contributed by atoms with Crippen LogP contribution in [0.25, 0.3) is 0 Å². The van der Waals surface area contributed by atoms with Crippen molar-refractivity contribution in [3.8, 4) is 0 Å². The lowest BCUT2D eigenvalue weighted by Crippen LogP contribution is -2.45. The normalized spacial score (nSPS) is 12.2. The van der Waals surface area contributed by atoms with Crippen LogP contribution >= 0.6 is 35.3 Å². The van der Waals surface area contributed by atoms with Gasteiger partial charge in [-0.25, -0.2) is 4.98 Å². The minimum Gasteiger partial charge on any atom is -0.377 e. The predicted octanol–water partition coefficient (Wildman–Crippen LogP) is 3.02. The van der Waals surface area contributed by atoms with Gasteiger partial charge in [0.25, 0.3) is 0 Å². The van der Waals surface area contributed by atoms with Crippen molar-refractivity contribution in [1.82, 2.24) is 15.6 Å². The summed E-state index contributed by atoms with van der Waals surface area (Å²) in [6.45, 7) is 9.94. The zero-order valence-electron chi connectivity index (χ0n) is 14.4. The number of nitrogens with one attached hydrogen (secondary N) is 2. The van der Waals surface area contributed by atoms with Crippen LogP contribution in [0.4, 0.5) is 0 Å². The monoisotopic (exact) mass is 440 g/mol. The molecule has 0 unspecified atom stereocenters. The van der Waals surface area contributed by atoms with Gasteiger partial charge in [-0.05, 0) is 13.8 Å². The predicted molar refractivity (Wildman–Crippen MR) is 106 cm³/mol. The van der Waals surface area contributed by atoms with Gasteiger partial charge < -0.3 is 15.4 Å². The van der Waals surface area contributed by atoms with Gasteiger partial charge in [0, 0.05) is 45.0 Å². The number of ether oxygens (including phenoxy) is 1. The van der Waals surface area contributed by atoms with Gasteiger partial charge in [0.15, 0.2) is 5.96 Å². The summed E-state index contributed by atoms with van der Waals surface area (Å²) in [5.74, 6) is 1.29. The van der Waals surface area contributed by atoms with Crippen molar-refractivity contribution in [3.05, 3.63) is 16.1 Å². The lowest BCUT2D eigenvalue weighted by molar-refractivity contribution is 0.0268. The highest BCUT2D eigenvalue weighted by molar-refractivity contribution is 14.0. The summed E-state index contributed by atoms with van der Waals surface area (Å²) in [4.78, 5) is 8.84. The molecule has 0 aliphatic heterocycles.